The molecule has 0 spiro atoms. The molecule has 0 amide bonds. The Morgan fingerprint density at radius 2 is 1.58 bits per heavy atom. The topological polar surface area (TPSA) is 79.2 Å². The first-order chi connectivity index (χ1) is 12.7. The molecule has 0 unspecified atom stereocenters. The molecule has 0 aromatic carbocycles. The van der Waals surface area contributed by atoms with Crippen molar-refractivity contribution >= 4 is 0 Å². The Labute approximate surface area is 159 Å². The highest BCUT2D eigenvalue weighted by atomic mass is 16.5. The molecule has 26 heavy (non-hydrogen) atoms. The predicted molar refractivity (Wildman–Crippen MR) is 104 cm³/mol. The van der Waals surface area contributed by atoms with Crippen molar-refractivity contribution in [1.82, 2.24) is 0 Å². The summed E-state index contributed by atoms with van der Waals surface area (Å²) in [6.45, 7) is 3.04. The van der Waals surface area contributed by atoms with E-state index in [1.807, 2.05) is 0 Å². The Balaban J connectivity index is 1.81. The molecule has 1 saturated heterocycles. The number of aliphatic hydroxyl groups is 3. The lowest BCUT2D eigenvalue weighted by Gasteiger charge is -2.20. The summed E-state index contributed by atoms with van der Waals surface area (Å²) in [6.07, 6.45) is 14.7. The van der Waals surface area contributed by atoms with Crippen LogP contribution in [0.3, 0.4) is 0 Å². The lowest BCUT2D eigenvalue weighted by Crippen LogP contribution is -2.40. The van der Waals surface area contributed by atoms with Gasteiger partial charge in [-0.15, -0.1) is 0 Å². The van der Waals surface area contributed by atoms with Gasteiger partial charge in [0.1, 0.15) is 24.4 Å². The van der Waals surface area contributed by atoms with Crippen LogP contribution in [0.1, 0.15) is 77.6 Å². The molecule has 5 heteroatoms. The second kappa shape index (κ2) is 15.6. The van der Waals surface area contributed by atoms with Crippen LogP contribution in [0.4, 0.5) is 0 Å². The highest BCUT2D eigenvalue weighted by molar-refractivity contribution is 4.87. The summed E-state index contributed by atoms with van der Waals surface area (Å²) < 4.78 is 10.6. The van der Waals surface area contributed by atoms with Crippen LogP contribution in [0.5, 0.6) is 0 Å². The molecule has 1 aliphatic heterocycles. The number of rotatable bonds is 16. The van der Waals surface area contributed by atoms with E-state index in [4.69, 9.17) is 9.47 Å². The number of aliphatic hydroxyl groups excluding tert-OH is 3. The zero-order valence-electron chi connectivity index (χ0n) is 16.5. The smallest absolute Gasteiger partial charge is 0.114 e. The maximum atomic E-state index is 9.92. The molecule has 4 atom stereocenters. The van der Waals surface area contributed by atoms with Gasteiger partial charge < -0.3 is 24.8 Å². The first-order valence-corrected chi connectivity index (χ1v) is 10.5. The average Bonchev–Trinajstić information content (AvgIpc) is 2.97. The van der Waals surface area contributed by atoms with E-state index >= 15 is 0 Å². The van der Waals surface area contributed by atoms with E-state index in [0.717, 1.165) is 12.8 Å². The first kappa shape index (κ1) is 23.6. The summed E-state index contributed by atoms with van der Waals surface area (Å²) in [7, 11) is 0. The molecule has 1 aliphatic rings. The van der Waals surface area contributed by atoms with Gasteiger partial charge in [0.2, 0.25) is 0 Å². The van der Waals surface area contributed by atoms with E-state index in [-0.39, 0.29) is 13.2 Å². The van der Waals surface area contributed by atoms with Gasteiger partial charge in [0.25, 0.3) is 0 Å². The Hall–Kier alpha value is -0.460. The number of ether oxygens (including phenoxy) is 2. The zero-order chi connectivity index (χ0) is 19.0. The summed E-state index contributed by atoms with van der Waals surface area (Å²) in [5, 5.41) is 29.0. The molecule has 1 heterocycles. The summed E-state index contributed by atoms with van der Waals surface area (Å²) in [4.78, 5) is 0. The van der Waals surface area contributed by atoms with Crippen LogP contribution in [0.2, 0.25) is 0 Å². The van der Waals surface area contributed by atoms with Crippen molar-refractivity contribution in [2.45, 2.75) is 102 Å². The first-order valence-electron chi connectivity index (χ1n) is 10.5. The minimum absolute atomic E-state index is 0.0679. The van der Waals surface area contributed by atoms with E-state index in [0.29, 0.717) is 6.61 Å². The molecule has 1 fully saturated rings. The molecule has 1 rings (SSSR count). The fourth-order valence-corrected chi connectivity index (χ4v) is 3.19. The molecule has 154 valence electrons. The van der Waals surface area contributed by atoms with Gasteiger partial charge in [-0.3, -0.25) is 0 Å². The molecule has 0 saturated carbocycles. The SMILES string of the molecule is CCC/C=C/CCCCCCCCCCOC[C@@H](O)[C@@H]1OC[C@H](O)[C@@H]1O. The Morgan fingerprint density at radius 1 is 0.962 bits per heavy atom. The largest absolute Gasteiger partial charge is 0.388 e. The van der Waals surface area contributed by atoms with Crippen LogP contribution in [0.15, 0.2) is 12.2 Å². The van der Waals surface area contributed by atoms with Gasteiger partial charge in [-0.05, 0) is 25.7 Å². The molecular weight excluding hydrogens is 332 g/mol. The lowest BCUT2D eigenvalue weighted by atomic mass is 10.1. The third-order valence-corrected chi connectivity index (χ3v) is 4.89. The van der Waals surface area contributed by atoms with E-state index in [2.05, 4.69) is 19.1 Å². The van der Waals surface area contributed by atoms with E-state index in [1.165, 1.54) is 57.8 Å². The van der Waals surface area contributed by atoms with Gasteiger partial charge in [0, 0.05) is 6.61 Å². The Morgan fingerprint density at radius 3 is 2.19 bits per heavy atom. The second-order valence-corrected chi connectivity index (χ2v) is 7.38. The normalized spacial score (nSPS) is 24.5. The fraction of sp³-hybridized carbons (Fsp3) is 0.905. The molecule has 0 aliphatic carbocycles. The van der Waals surface area contributed by atoms with Crippen molar-refractivity contribution < 1.29 is 24.8 Å². The third-order valence-electron chi connectivity index (χ3n) is 4.89. The van der Waals surface area contributed by atoms with Crippen LogP contribution in [-0.2, 0) is 9.47 Å². The minimum Gasteiger partial charge on any atom is -0.388 e. The van der Waals surface area contributed by atoms with Gasteiger partial charge in [-0.25, -0.2) is 0 Å². The second-order valence-electron chi connectivity index (χ2n) is 7.38. The molecule has 5 nitrogen and oxygen atoms in total. The Kier molecular flexibility index (Phi) is 14.1. The Bertz CT molecular complexity index is 347. The summed E-state index contributed by atoms with van der Waals surface area (Å²) in [5.74, 6) is 0. The monoisotopic (exact) mass is 372 g/mol. The zero-order valence-corrected chi connectivity index (χ0v) is 16.5. The molecule has 0 radical (unpaired) electrons. The van der Waals surface area contributed by atoms with Gasteiger partial charge >= 0.3 is 0 Å². The van der Waals surface area contributed by atoms with Crippen molar-refractivity contribution in [3.63, 3.8) is 0 Å². The number of allylic oxidation sites excluding steroid dienone is 2. The molecule has 0 bridgehead atoms. The third kappa shape index (κ3) is 10.6. The van der Waals surface area contributed by atoms with Crippen LogP contribution in [-0.4, -0.2) is 59.6 Å². The van der Waals surface area contributed by atoms with Crippen molar-refractivity contribution in [3.05, 3.63) is 12.2 Å². The summed E-state index contributed by atoms with van der Waals surface area (Å²) in [5.41, 5.74) is 0. The van der Waals surface area contributed by atoms with Crippen LogP contribution < -0.4 is 0 Å². The fourth-order valence-electron chi connectivity index (χ4n) is 3.19. The maximum Gasteiger partial charge on any atom is 0.114 e. The van der Waals surface area contributed by atoms with Crippen molar-refractivity contribution in [1.29, 1.82) is 0 Å². The van der Waals surface area contributed by atoms with Crippen LogP contribution in [0, 0.1) is 0 Å². The number of hydrogen-bond acceptors (Lipinski definition) is 5. The molecule has 0 aromatic rings. The predicted octanol–water partition coefficient (Wildman–Crippen LogP) is 3.35. The maximum absolute atomic E-state index is 9.92. The van der Waals surface area contributed by atoms with Gasteiger partial charge in [0.15, 0.2) is 0 Å². The molecular formula is C21H40O5. The van der Waals surface area contributed by atoms with Crippen molar-refractivity contribution in [3.8, 4) is 0 Å². The summed E-state index contributed by atoms with van der Waals surface area (Å²) in [6, 6.07) is 0. The summed E-state index contributed by atoms with van der Waals surface area (Å²) >= 11 is 0. The number of unbranched alkanes of at least 4 members (excludes halogenated alkanes) is 9. The lowest BCUT2D eigenvalue weighted by molar-refractivity contribution is -0.0813. The average molecular weight is 373 g/mol. The highest BCUT2D eigenvalue weighted by Gasteiger charge is 2.39. The quantitative estimate of drug-likeness (QED) is 0.286. The van der Waals surface area contributed by atoms with Crippen LogP contribution >= 0.6 is 0 Å². The van der Waals surface area contributed by atoms with E-state index in [9.17, 15) is 15.3 Å². The highest BCUT2D eigenvalue weighted by Crippen LogP contribution is 2.18. The molecule has 0 aromatic heterocycles. The van der Waals surface area contributed by atoms with Crippen molar-refractivity contribution in [2.75, 3.05) is 19.8 Å². The number of hydrogen-bond donors (Lipinski definition) is 3. The van der Waals surface area contributed by atoms with Crippen LogP contribution in [0.25, 0.3) is 0 Å². The van der Waals surface area contributed by atoms with E-state index < -0.39 is 24.4 Å². The standard InChI is InChI=1S/C21H40O5/c1-2-3-4-5-6-7-8-9-10-11-12-13-14-15-25-16-19(23)21-20(24)18(22)17-26-21/h4-5,18-24H,2-3,6-17H2,1H3/b5-4+/t18-,19+,20-,21-/m0/s1. The van der Waals surface area contributed by atoms with Crippen molar-refractivity contribution in [2.24, 2.45) is 0 Å². The minimum atomic E-state index is -1.03. The van der Waals surface area contributed by atoms with Gasteiger partial charge in [-0.1, -0.05) is 64.0 Å². The van der Waals surface area contributed by atoms with E-state index in [1.54, 1.807) is 0 Å². The molecule has 3 N–H and O–H groups in total. The van der Waals surface area contributed by atoms with Gasteiger partial charge in [-0.2, -0.15) is 0 Å². The van der Waals surface area contributed by atoms with Gasteiger partial charge in [0.05, 0.1) is 13.2 Å².